The van der Waals surface area contributed by atoms with Gasteiger partial charge >= 0.3 is 0 Å². The molecule has 1 aromatic carbocycles. The van der Waals surface area contributed by atoms with Gasteiger partial charge in [0.1, 0.15) is 11.6 Å². The number of nitrogens with two attached hydrogens (primary N) is 1. The van der Waals surface area contributed by atoms with Crippen LogP contribution in [0.25, 0.3) is 0 Å². The van der Waals surface area contributed by atoms with Crippen molar-refractivity contribution in [3.05, 3.63) is 30.1 Å². The highest BCUT2D eigenvalue weighted by molar-refractivity contribution is 5.62. The third kappa shape index (κ3) is 4.55. The Kier molecular flexibility index (Phi) is 5.30. The highest BCUT2D eigenvalue weighted by Crippen LogP contribution is 2.25. The van der Waals surface area contributed by atoms with E-state index >= 15 is 0 Å². The molecule has 0 aliphatic carbocycles. The Balaban J connectivity index is 1.76. The molecule has 8 nitrogen and oxygen atoms in total. The monoisotopic (exact) mass is 344 g/mol. The lowest BCUT2D eigenvalue weighted by molar-refractivity contribution is -0.0710. The molecule has 2 heterocycles. The number of nitrogens with one attached hydrogen (secondary N) is 1. The lowest BCUT2D eigenvalue weighted by atomic mass is 10.2. The summed E-state index contributed by atoms with van der Waals surface area (Å²) in [5, 5.41) is 3.15. The van der Waals surface area contributed by atoms with E-state index in [1.54, 1.807) is 7.11 Å². The fraction of sp³-hybridized carbons (Fsp3) is 0.471. The van der Waals surface area contributed by atoms with Crippen molar-refractivity contribution >= 4 is 17.6 Å². The SMILES string of the molecule is COc1ccccc1Nc1nc(N)nc(CN2C[C@H](C)O[C@@H](C)C2)n1. The zero-order valence-electron chi connectivity index (χ0n) is 14.8. The van der Waals surface area contributed by atoms with E-state index in [2.05, 4.69) is 39.0 Å². The Bertz CT molecular complexity index is 716. The summed E-state index contributed by atoms with van der Waals surface area (Å²) in [6.07, 6.45) is 0.378. The predicted molar refractivity (Wildman–Crippen MR) is 95.8 cm³/mol. The quantitative estimate of drug-likeness (QED) is 0.847. The average molecular weight is 344 g/mol. The number of nitrogen functional groups attached to an aromatic ring is 1. The Morgan fingerprint density at radius 2 is 1.92 bits per heavy atom. The third-order valence-electron chi connectivity index (χ3n) is 3.91. The summed E-state index contributed by atoms with van der Waals surface area (Å²) in [4.78, 5) is 15.2. The summed E-state index contributed by atoms with van der Waals surface area (Å²) in [7, 11) is 1.62. The molecule has 0 spiro atoms. The summed E-state index contributed by atoms with van der Waals surface area (Å²) in [5.74, 6) is 1.93. The smallest absolute Gasteiger partial charge is 0.232 e. The Labute approximate surface area is 147 Å². The van der Waals surface area contributed by atoms with Crippen molar-refractivity contribution in [2.24, 2.45) is 0 Å². The fourth-order valence-electron chi connectivity index (χ4n) is 3.05. The molecule has 1 saturated heterocycles. The number of methoxy groups -OCH3 is 1. The molecule has 1 aliphatic rings. The van der Waals surface area contributed by atoms with E-state index in [4.69, 9.17) is 15.2 Å². The molecule has 0 unspecified atom stereocenters. The number of benzene rings is 1. The predicted octanol–water partition coefficient (Wildman–Crippen LogP) is 1.82. The van der Waals surface area contributed by atoms with Gasteiger partial charge in [0.05, 0.1) is 31.5 Å². The van der Waals surface area contributed by atoms with E-state index in [1.807, 2.05) is 24.3 Å². The second-order valence-corrected chi connectivity index (χ2v) is 6.21. The number of anilines is 3. The number of aromatic nitrogens is 3. The van der Waals surface area contributed by atoms with Crippen molar-refractivity contribution in [1.82, 2.24) is 19.9 Å². The Morgan fingerprint density at radius 3 is 2.64 bits per heavy atom. The van der Waals surface area contributed by atoms with Crippen molar-refractivity contribution in [2.45, 2.75) is 32.6 Å². The maximum atomic E-state index is 5.87. The molecule has 25 heavy (non-hydrogen) atoms. The first-order valence-corrected chi connectivity index (χ1v) is 8.31. The van der Waals surface area contributed by atoms with E-state index in [-0.39, 0.29) is 18.2 Å². The van der Waals surface area contributed by atoms with Gasteiger partial charge in [-0.05, 0) is 26.0 Å². The van der Waals surface area contributed by atoms with Gasteiger partial charge in [-0.25, -0.2) is 0 Å². The molecule has 0 radical (unpaired) electrons. The summed E-state index contributed by atoms with van der Waals surface area (Å²) >= 11 is 0. The van der Waals surface area contributed by atoms with Crippen LogP contribution >= 0.6 is 0 Å². The molecular weight excluding hydrogens is 320 g/mol. The van der Waals surface area contributed by atoms with Gasteiger partial charge < -0.3 is 20.5 Å². The summed E-state index contributed by atoms with van der Waals surface area (Å²) in [6, 6.07) is 7.57. The highest BCUT2D eigenvalue weighted by atomic mass is 16.5. The molecule has 1 aromatic heterocycles. The van der Waals surface area contributed by atoms with E-state index < -0.39 is 0 Å². The van der Waals surface area contributed by atoms with E-state index in [9.17, 15) is 0 Å². The van der Waals surface area contributed by atoms with Crippen molar-refractivity contribution in [1.29, 1.82) is 0 Å². The fourth-order valence-corrected chi connectivity index (χ4v) is 3.05. The van der Waals surface area contributed by atoms with Gasteiger partial charge in [0, 0.05) is 13.1 Å². The van der Waals surface area contributed by atoms with Crippen molar-refractivity contribution < 1.29 is 9.47 Å². The van der Waals surface area contributed by atoms with Gasteiger partial charge in [-0.3, -0.25) is 4.90 Å². The number of ether oxygens (including phenoxy) is 2. The Morgan fingerprint density at radius 1 is 1.20 bits per heavy atom. The zero-order valence-corrected chi connectivity index (χ0v) is 14.8. The van der Waals surface area contributed by atoms with E-state index in [0.29, 0.717) is 24.1 Å². The maximum absolute atomic E-state index is 5.87. The lowest BCUT2D eigenvalue weighted by Gasteiger charge is -2.34. The number of nitrogens with zero attached hydrogens (tertiary/aromatic N) is 4. The first-order valence-electron chi connectivity index (χ1n) is 8.31. The van der Waals surface area contributed by atoms with Crippen molar-refractivity contribution in [2.75, 3.05) is 31.2 Å². The van der Waals surface area contributed by atoms with Crippen LogP contribution in [0.3, 0.4) is 0 Å². The molecule has 3 N–H and O–H groups in total. The number of hydrogen-bond donors (Lipinski definition) is 2. The third-order valence-corrected chi connectivity index (χ3v) is 3.91. The van der Waals surface area contributed by atoms with Crippen LogP contribution in [-0.2, 0) is 11.3 Å². The van der Waals surface area contributed by atoms with Crippen LogP contribution < -0.4 is 15.8 Å². The topological polar surface area (TPSA) is 98.4 Å². The Hall–Kier alpha value is -2.45. The highest BCUT2D eigenvalue weighted by Gasteiger charge is 2.23. The summed E-state index contributed by atoms with van der Waals surface area (Å²) in [6.45, 7) is 6.42. The zero-order chi connectivity index (χ0) is 17.8. The molecule has 134 valence electrons. The van der Waals surface area contributed by atoms with Crippen molar-refractivity contribution in [3.63, 3.8) is 0 Å². The molecule has 1 aliphatic heterocycles. The number of para-hydroxylation sites is 2. The largest absolute Gasteiger partial charge is 0.495 e. The van der Waals surface area contributed by atoms with E-state index in [1.165, 1.54) is 0 Å². The normalized spacial score (nSPS) is 21.1. The number of hydrogen-bond acceptors (Lipinski definition) is 8. The van der Waals surface area contributed by atoms with Crippen LogP contribution in [0.2, 0.25) is 0 Å². The molecule has 1 fully saturated rings. The number of rotatable bonds is 5. The van der Waals surface area contributed by atoms with Crippen LogP contribution in [-0.4, -0.2) is 52.3 Å². The molecule has 0 saturated carbocycles. The molecule has 0 bridgehead atoms. The minimum atomic E-state index is 0.189. The molecular formula is C17H24N6O2. The minimum Gasteiger partial charge on any atom is -0.495 e. The van der Waals surface area contributed by atoms with Crippen LogP contribution in [0.4, 0.5) is 17.6 Å². The average Bonchev–Trinajstić information content (AvgIpc) is 2.53. The van der Waals surface area contributed by atoms with Crippen LogP contribution in [0.5, 0.6) is 5.75 Å². The van der Waals surface area contributed by atoms with E-state index in [0.717, 1.165) is 18.8 Å². The second-order valence-electron chi connectivity index (χ2n) is 6.21. The molecule has 2 aromatic rings. The van der Waals surface area contributed by atoms with Crippen LogP contribution in [0, 0.1) is 0 Å². The molecule has 8 heteroatoms. The lowest BCUT2D eigenvalue weighted by Crippen LogP contribution is -2.45. The standard InChI is InChI=1S/C17H24N6O2/c1-11-8-23(9-12(2)25-11)10-15-20-16(18)22-17(21-15)19-13-6-4-5-7-14(13)24-3/h4-7,11-12H,8-10H2,1-3H3,(H3,18,19,20,21,22)/t11-,12-/m0/s1. The van der Waals surface area contributed by atoms with Gasteiger partial charge in [-0.2, -0.15) is 15.0 Å². The van der Waals surface area contributed by atoms with Gasteiger partial charge in [0.25, 0.3) is 0 Å². The van der Waals surface area contributed by atoms with Crippen LogP contribution in [0.1, 0.15) is 19.7 Å². The van der Waals surface area contributed by atoms with Crippen LogP contribution in [0.15, 0.2) is 24.3 Å². The number of morpholine rings is 1. The van der Waals surface area contributed by atoms with Gasteiger partial charge in [0.15, 0.2) is 0 Å². The molecule has 0 amide bonds. The summed E-state index contributed by atoms with van der Waals surface area (Å²) < 4.78 is 11.1. The molecule has 2 atom stereocenters. The first kappa shape index (κ1) is 17.4. The second kappa shape index (κ2) is 7.62. The van der Waals surface area contributed by atoms with Gasteiger partial charge in [-0.15, -0.1) is 0 Å². The molecule has 3 rings (SSSR count). The first-order chi connectivity index (χ1) is 12.0. The minimum absolute atomic E-state index is 0.189. The van der Waals surface area contributed by atoms with Crippen molar-refractivity contribution in [3.8, 4) is 5.75 Å². The summed E-state index contributed by atoms with van der Waals surface area (Å²) in [5.41, 5.74) is 6.64. The maximum Gasteiger partial charge on any atom is 0.232 e. The van der Waals surface area contributed by atoms with Gasteiger partial charge in [-0.1, -0.05) is 12.1 Å². The van der Waals surface area contributed by atoms with Gasteiger partial charge in [0.2, 0.25) is 11.9 Å².